The quantitative estimate of drug-likeness (QED) is 0.523. The number of H-pyrrole nitrogens is 1. The van der Waals surface area contributed by atoms with E-state index in [0.717, 1.165) is 31.7 Å². The number of hydrogen-bond donors (Lipinski definition) is 1. The number of likely N-dealkylation sites (tertiary alicyclic amines) is 1. The van der Waals surface area contributed by atoms with Crippen LogP contribution in [0.25, 0.3) is 16.6 Å². The van der Waals surface area contributed by atoms with E-state index in [2.05, 4.69) is 85.9 Å². The van der Waals surface area contributed by atoms with Gasteiger partial charge in [0, 0.05) is 66.8 Å². The molecule has 6 heteroatoms. The summed E-state index contributed by atoms with van der Waals surface area (Å²) in [5, 5.41) is 9.14. The molecule has 1 N–H and O–H groups in total. The molecule has 0 saturated carbocycles. The molecule has 6 rings (SSSR count). The van der Waals surface area contributed by atoms with Gasteiger partial charge in [-0.05, 0) is 42.2 Å². The zero-order valence-corrected chi connectivity index (χ0v) is 17.5. The standard InChI is InChI=1S/C25H26N6/c1-2-4-19(5-3-1)14-29-15-21-9-11-30(25(21)16-29)10-8-20-13-26-24-7-6-22(12-23(20)24)31-17-27-28-18-31/h1-7,12-13,16-18,21,26H,8-11,14-15H2. The predicted octanol–water partition coefficient (Wildman–Crippen LogP) is 3.97. The molecule has 1 fully saturated rings. The minimum atomic E-state index is 0.687. The van der Waals surface area contributed by atoms with Crippen LogP contribution >= 0.6 is 0 Å². The number of nitrogens with one attached hydrogen (secondary N) is 1. The molecule has 4 heterocycles. The van der Waals surface area contributed by atoms with Crippen LogP contribution in [0.15, 0.2) is 79.3 Å². The molecule has 1 atom stereocenters. The lowest BCUT2D eigenvalue weighted by Gasteiger charge is -2.20. The number of fused-ring (bicyclic) bond motifs is 2. The maximum Gasteiger partial charge on any atom is 0.123 e. The van der Waals surface area contributed by atoms with E-state index in [1.807, 2.05) is 4.57 Å². The van der Waals surface area contributed by atoms with Gasteiger partial charge in [-0.1, -0.05) is 30.3 Å². The van der Waals surface area contributed by atoms with Gasteiger partial charge >= 0.3 is 0 Å². The fourth-order valence-electron chi connectivity index (χ4n) is 5.03. The van der Waals surface area contributed by atoms with Crippen LogP contribution < -0.4 is 0 Å². The van der Waals surface area contributed by atoms with E-state index in [9.17, 15) is 0 Å². The van der Waals surface area contributed by atoms with E-state index in [4.69, 9.17) is 0 Å². The van der Waals surface area contributed by atoms with Crippen molar-refractivity contribution < 1.29 is 0 Å². The number of nitrogens with zero attached hydrogens (tertiary/aromatic N) is 5. The zero-order chi connectivity index (χ0) is 20.6. The highest BCUT2D eigenvalue weighted by molar-refractivity contribution is 5.85. The van der Waals surface area contributed by atoms with Gasteiger partial charge in [-0.25, -0.2) is 0 Å². The highest BCUT2D eigenvalue weighted by Gasteiger charge is 2.33. The SMILES string of the molecule is C1=C2C(CCN2CCc2c[nH]c3ccc(-n4cnnc4)cc23)CN1Cc1ccccc1. The summed E-state index contributed by atoms with van der Waals surface area (Å²) in [6.45, 7) is 4.38. The molecule has 0 radical (unpaired) electrons. The summed E-state index contributed by atoms with van der Waals surface area (Å²) in [6, 6.07) is 17.2. The number of aromatic amines is 1. The van der Waals surface area contributed by atoms with Gasteiger partial charge in [0.25, 0.3) is 0 Å². The van der Waals surface area contributed by atoms with Crippen LogP contribution in [-0.2, 0) is 13.0 Å². The molecule has 2 aliphatic rings. The normalized spacial score (nSPS) is 18.1. The fourth-order valence-corrected chi connectivity index (χ4v) is 5.03. The molecule has 31 heavy (non-hydrogen) atoms. The van der Waals surface area contributed by atoms with Crippen molar-refractivity contribution in [2.45, 2.75) is 19.4 Å². The molecule has 4 aromatic rings. The minimum absolute atomic E-state index is 0.687. The second kappa shape index (κ2) is 7.61. The van der Waals surface area contributed by atoms with Crippen molar-refractivity contribution in [1.29, 1.82) is 0 Å². The van der Waals surface area contributed by atoms with E-state index in [0.29, 0.717) is 5.92 Å². The summed E-state index contributed by atoms with van der Waals surface area (Å²) in [7, 11) is 0. The molecule has 2 aromatic heterocycles. The number of hydrogen-bond acceptors (Lipinski definition) is 4. The molecule has 1 saturated heterocycles. The summed E-state index contributed by atoms with van der Waals surface area (Å²) in [4.78, 5) is 8.51. The Kier molecular flexibility index (Phi) is 4.48. The average molecular weight is 411 g/mol. The molecule has 6 nitrogen and oxygen atoms in total. The van der Waals surface area contributed by atoms with Gasteiger partial charge in [0.2, 0.25) is 0 Å². The Bertz CT molecular complexity index is 1210. The molecular formula is C25H26N6. The highest BCUT2D eigenvalue weighted by Crippen LogP contribution is 2.35. The van der Waals surface area contributed by atoms with Crippen molar-refractivity contribution in [3.63, 3.8) is 0 Å². The summed E-state index contributed by atoms with van der Waals surface area (Å²) < 4.78 is 1.95. The maximum atomic E-state index is 3.93. The Morgan fingerprint density at radius 2 is 1.90 bits per heavy atom. The number of rotatable bonds is 6. The summed E-state index contributed by atoms with van der Waals surface area (Å²) >= 11 is 0. The van der Waals surface area contributed by atoms with Gasteiger partial charge in [0.15, 0.2) is 0 Å². The van der Waals surface area contributed by atoms with Gasteiger partial charge in [0.05, 0.1) is 0 Å². The number of aromatic nitrogens is 4. The molecule has 2 aromatic carbocycles. The second-order valence-corrected chi connectivity index (χ2v) is 8.60. The molecule has 0 aliphatic carbocycles. The van der Waals surface area contributed by atoms with Gasteiger partial charge < -0.3 is 14.8 Å². The maximum absolute atomic E-state index is 3.93. The third kappa shape index (κ3) is 3.48. The van der Waals surface area contributed by atoms with E-state index in [-0.39, 0.29) is 0 Å². The lowest BCUT2D eigenvalue weighted by Crippen LogP contribution is -2.21. The van der Waals surface area contributed by atoms with E-state index < -0.39 is 0 Å². The Balaban J connectivity index is 1.16. The van der Waals surface area contributed by atoms with Crippen molar-refractivity contribution in [1.82, 2.24) is 29.5 Å². The first-order chi connectivity index (χ1) is 15.3. The Morgan fingerprint density at radius 1 is 1.03 bits per heavy atom. The Labute approximate surface area is 181 Å². The summed E-state index contributed by atoms with van der Waals surface area (Å²) in [5.41, 5.74) is 6.55. The first-order valence-corrected chi connectivity index (χ1v) is 11.0. The third-order valence-corrected chi connectivity index (χ3v) is 6.65. The van der Waals surface area contributed by atoms with Gasteiger partial charge in [-0.3, -0.25) is 4.57 Å². The second-order valence-electron chi connectivity index (χ2n) is 8.60. The smallest absolute Gasteiger partial charge is 0.123 e. The van der Waals surface area contributed by atoms with Crippen LogP contribution in [0.4, 0.5) is 0 Å². The van der Waals surface area contributed by atoms with Crippen LogP contribution in [0.5, 0.6) is 0 Å². The summed E-state index contributed by atoms with van der Waals surface area (Å²) in [5.74, 6) is 0.687. The highest BCUT2D eigenvalue weighted by atomic mass is 15.2. The zero-order valence-electron chi connectivity index (χ0n) is 17.5. The average Bonchev–Trinajstić information content (AvgIpc) is 3.58. The van der Waals surface area contributed by atoms with Crippen molar-refractivity contribution >= 4 is 10.9 Å². The first-order valence-electron chi connectivity index (χ1n) is 11.0. The molecule has 0 amide bonds. The number of benzene rings is 2. The molecular weight excluding hydrogens is 384 g/mol. The lowest BCUT2D eigenvalue weighted by atomic mass is 10.1. The van der Waals surface area contributed by atoms with E-state index >= 15 is 0 Å². The van der Waals surface area contributed by atoms with Crippen molar-refractivity contribution in [3.8, 4) is 5.69 Å². The van der Waals surface area contributed by atoms with E-state index in [1.165, 1.54) is 40.7 Å². The van der Waals surface area contributed by atoms with Crippen molar-refractivity contribution in [2.24, 2.45) is 5.92 Å². The van der Waals surface area contributed by atoms with Crippen LogP contribution in [-0.4, -0.2) is 49.2 Å². The fraction of sp³-hybridized carbons (Fsp3) is 0.280. The van der Waals surface area contributed by atoms with E-state index in [1.54, 1.807) is 12.7 Å². The van der Waals surface area contributed by atoms with Crippen molar-refractivity contribution in [2.75, 3.05) is 19.6 Å². The first kappa shape index (κ1) is 18.2. The van der Waals surface area contributed by atoms with Crippen LogP contribution in [0.2, 0.25) is 0 Å². The van der Waals surface area contributed by atoms with Gasteiger partial charge in [-0.15, -0.1) is 10.2 Å². The molecule has 1 unspecified atom stereocenters. The molecule has 0 spiro atoms. The molecule has 156 valence electrons. The van der Waals surface area contributed by atoms with Gasteiger partial charge in [-0.2, -0.15) is 0 Å². The van der Waals surface area contributed by atoms with Crippen LogP contribution in [0.3, 0.4) is 0 Å². The van der Waals surface area contributed by atoms with Crippen LogP contribution in [0, 0.1) is 5.92 Å². The Morgan fingerprint density at radius 3 is 2.77 bits per heavy atom. The lowest BCUT2D eigenvalue weighted by molar-refractivity contribution is 0.354. The topological polar surface area (TPSA) is 53.0 Å². The predicted molar refractivity (Wildman–Crippen MR) is 122 cm³/mol. The molecule has 0 bridgehead atoms. The van der Waals surface area contributed by atoms with Crippen LogP contribution in [0.1, 0.15) is 17.5 Å². The monoisotopic (exact) mass is 410 g/mol. The Hall–Kier alpha value is -3.54. The largest absolute Gasteiger partial charge is 0.373 e. The van der Waals surface area contributed by atoms with Gasteiger partial charge in [0.1, 0.15) is 12.7 Å². The molecule has 2 aliphatic heterocycles. The summed E-state index contributed by atoms with van der Waals surface area (Å²) in [6.07, 6.45) is 10.4. The third-order valence-electron chi connectivity index (χ3n) is 6.65. The van der Waals surface area contributed by atoms with Crippen molar-refractivity contribution in [3.05, 3.63) is 90.4 Å². The minimum Gasteiger partial charge on any atom is -0.373 e.